The maximum Gasteiger partial charge on any atom is 0.271 e. The summed E-state index contributed by atoms with van der Waals surface area (Å²) in [5, 5.41) is 13.4. The first-order valence-corrected chi connectivity index (χ1v) is 5.95. The third kappa shape index (κ3) is 3.24. The predicted molar refractivity (Wildman–Crippen MR) is 76.9 cm³/mol. The molecule has 102 valence electrons. The monoisotopic (exact) mass is 291 g/mol. The summed E-state index contributed by atoms with van der Waals surface area (Å²) in [5.41, 5.74) is 6.46. The lowest BCUT2D eigenvalue weighted by atomic mass is 10.2. The van der Waals surface area contributed by atoms with Crippen LogP contribution in [0.15, 0.2) is 42.5 Å². The SMILES string of the molecule is Nc1cccc(NC(=O)c2cc(Cl)cc([N+](=O)[O-])c2)c1. The van der Waals surface area contributed by atoms with Crippen molar-refractivity contribution in [1.82, 2.24) is 0 Å². The van der Waals surface area contributed by atoms with Gasteiger partial charge in [-0.15, -0.1) is 0 Å². The Morgan fingerprint density at radius 3 is 2.65 bits per heavy atom. The molecule has 0 saturated carbocycles. The van der Waals surface area contributed by atoms with Crippen LogP contribution < -0.4 is 11.1 Å². The average Bonchev–Trinajstić information content (AvgIpc) is 2.37. The van der Waals surface area contributed by atoms with Crippen LogP contribution in [-0.2, 0) is 0 Å². The summed E-state index contributed by atoms with van der Waals surface area (Å²) in [5.74, 6) is -0.499. The molecule has 0 atom stereocenters. The van der Waals surface area contributed by atoms with E-state index in [1.807, 2.05) is 0 Å². The van der Waals surface area contributed by atoms with Crippen molar-refractivity contribution in [2.75, 3.05) is 11.1 Å². The van der Waals surface area contributed by atoms with E-state index in [4.69, 9.17) is 17.3 Å². The van der Waals surface area contributed by atoms with Gasteiger partial charge in [-0.2, -0.15) is 0 Å². The lowest BCUT2D eigenvalue weighted by molar-refractivity contribution is -0.384. The van der Waals surface area contributed by atoms with Gasteiger partial charge in [-0.25, -0.2) is 0 Å². The zero-order valence-corrected chi connectivity index (χ0v) is 10.9. The van der Waals surface area contributed by atoms with E-state index in [-0.39, 0.29) is 16.3 Å². The Balaban J connectivity index is 2.27. The Morgan fingerprint density at radius 1 is 1.25 bits per heavy atom. The molecule has 0 aliphatic rings. The summed E-state index contributed by atoms with van der Waals surface area (Å²) < 4.78 is 0. The molecule has 2 rings (SSSR count). The Hall–Kier alpha value is -2.60. The number of non-ortho nitro benzene ring substituents is 1. The van der Waals surface area contributed by atoms with Gasteiger partial charge >= 0.3 is 0 Å². The molecular formula is C13H10ClN3O3. The zero-order chi connectivity index (χ0) is 14.7. The van der Waals surface area contributed by atoms with E-state index in [1.54, 1.807) is 24.3 Å². The molecule has 0 bridgehead atoms. The number of nitrogens with zero attached hydrogens (tertiary/aromatic N) is 1. The van der Waals surface area contributed by atoms with Crippen LogP contribution in [0.1, 0.15) is 10.4 Å². The topological polar surface area (TPSA) is 98.3 Å². The molecule has 1 amide bonds. The Kier molecular flexibility index (Phi) is 3.86. The van der Waals surface area contributed by atoms with Gasteiger partial charge in [0, 0.05) is 34.1 Å². The maximum absolute atomic E-state index is 12.0. The van der Waals surface area contributed by atoms with Crippen molar-refractivity contribution in [2.24, 2.45) is 0 Å². The molecule has 6 nitrogen and oxygen atoms in total. The molecule has 2 aromatic rings. The Morgan fingerprint density at radius 2 is 2.00 bits per heavy atom. The number of nitro benzene ring substituents is 1. The smallest absolute Gasteiger partial charge is 0.271 e. The van der Waals surface area contributed by atoms with Gasteiger partial charge in [0.25, 0.3) is 11.6 Å². The molecule has 0 fully saturated rings. The molecule has 0 unspecified atom stereocenters. The van der Waals surface area contributed by atoms with Crippen LogP contribution in [0.2, 0.25) is 5.02 Å². The minimum Gasteiger partial charge on any atom is -0.399 e. The van der Waals surface area contributed by atoms with E-state index in [2.05, 4.69) is 5.32 Å². The normalized spacial score (nSPS) is 10.1. The lowest BCUT2D eigenvalue weighted by Gasteiger charge is -2.06. The Bertz CT molecular complexity index is 688. The van der Waals surface area contributed by atoms with Crippen molar-refractivity contribution >= 4 is 34.6 Å². The van der Waals surface area contributed by atoms with Crippen molar-refractivity contribution in [3.8, 4) is 0 Å². The first kappa shape index (κ1) is 13.8. The summed E-state index contributed by atoms with van der Waals surface area (Å²) in [7, 11) is 0. The highest BCUT2D eigenvalue weighted by Crippen LogP contribution is 2.22. The van der Waals surface area contributed by atoms with E-state index >= 15 is 0 Å². The van der Waals surface area contributed by atoms with Gasteiger partial charge in [-0.05, 0) is 24.3 Å². The number of nitro groups is 1. The number of benzene rings is 2. The minimum absolute atomic E-state index is 0.103. The van der Waals surface area contributed by atoms with E-state index in [1.165, 1.54) is 12.1 Å². The highest BCUT2D eigenvalue weighted by atomic mass is 35.5. The Labute approximate surface area is 119 Å². The van der Waals surface area contributed by atoms with Crippen LogP contribution in [-0.4, -0.2) is 10.8 Å². The number of nitrogens with one attached hydrogen (secondary N) is 1. The van der Waals surface area contributed by atoms with E-state index in [9.17, 15) is 14.9 Å². The number of nitrogens with two attached hydrogens (primary N) is 1. The number of hydrogen-bond acceptors (Lipinski definition) is 4. The van der Waals surface area contributed by atoms with Crippen LogP contribution in [0, 0.1) is 10.1 Å². The quantitative estimate of drug-likeness (QED) is 0.516. The maximum atomic E-state index is 12.0. The van der Waals surface area contributed by atoms with Gasteiger partial charge in [0.2, 0.25) is 0 Å². The van der Waals surface area contributed by atoms with Crippen LogP contribution in [0.4, 0.5) is 17.1 Å². The highest BCUT2D eigenvalue weighted by Gasteiger charge is 2.14. The summed E-state index contributed by atoms with van der Waals surface area (Å²) in [6.45, 7) is 0. The third-order valence-electron chi connectivity index (χ3n) is 2.50. The number of rotatable bonds is 3. The molecule has 7 heteroatoms. The molecule has 0 radical (unpaired) electrons. The number of halogens is 1. The highest BCUT2D eigenvalue weighted by molar-refractivity contribution is 6.31. The molecular weight excluding hydrogens is 282 g/mol. The van der Waals surface area contributed by atoms with Gasteiger partial charge in [0.15, 0.2) is 0 Å². The standard InChI is InChI=1S/C13H10ClN3O3/c14-9-4-8(5-12(6-9)17(19)20)13(18)16-11-3-1-2-10(15)7-11/h1-7H,15H2,(H,16,18). The molecule has 0 aliphatic carbocycles. The van der Waals surface area contributed by atoms with Crippen molar-refractivity contribution in [3.63, 3.8) is 0 Å². The number of carbonyl (C=O) groups is 1. The largest absolute Gasteiger partial charge is 0.399 e. The second-order valence-electron chi connectivity index (χ2n) is 4.03. The van der Waals surface area contributed by atoms with Gasteiger partial charge in [0.05, 0.1) is 4.92 Å². The lowest BCUT2D eigenvalue weighted by Crippen LogP contribution is -2.12. The van der Waals surface area contributed by atoms with Gasteiger partial charge in [-0.1, -0.05) is 17.7 Å². The molecule has 3 N–H and O–H groups in total. The number of carbonyl (C=O) groups excluding carboxylic acids is 1. The summed E-state index contributed by atoms with van der Waals surface area (Å²) in [6.07, 6.45) is 0. The number of hydrogen-bond donors (Lipinski definition) is 2. The summed E-state index contributed by atoms with van der Waals surface area (Å²) in [4.78, 5) is 22.1. The fourth-order valence-electron chi connectivity index (χ4n) is 1.63. The van der Waals surface area contributed by atoms with Crippen LogP contribution in [0.25, 0.3) is 0 Å². The van der Waals surface area contributed by atoms with Crippen LogP contribution in [0.5, 0.6) is 0 Å². The molecule has 0 aliphatic heterocycles. The van der Waals surface area contributed by atoms with Gasteiger partial charge in [-0.3, -0.25) is 14.9 Å². The molecule has 0 spiro atoms. The molecule has 2 aromatic carbocycles. The van der Waals surface area contributed by atoms with Crippen molar-refractivity contribution < 1.29 is 9.72 Å². The summed E-state index contributed by atoms with van der Waals surface area (Å²) in [6, 6.07) is 10.3. The van der Waals surface area contributed by atoms with Crippen molar-refractivity contribution in [1.29, 1.82) is 0 Å². The molecule has 20 heavy (non-hydrogen) atoms. The second kappa shape index (κ2) is 5.58. The van der Waals surface area contributed by atoms with Crippen LogP contribution in [0.3, 0.4) is 0 Å². The predicted octanol–water partition coefficient (Wildman–Crippen LogP) is 3.08. The first-order chi connectivity index (χ1) is 9.45. The fourth-order valence-corrected chi connectivity index (χ4v) is 1.86. The number of amides is 1. The van der Waals surface area contributed by atoms with Crippen molar-refractivity contribution in [2.45, 2.75) is 0 Å². The molecule has 0 aromatic heterocycles. The molecule has 0 heterocycles. The van der Waals surface area contributed by atoms with Gasteiger partial charge in [0.1, 0.15) is 0 Å². The molecule has 0 saturated heterocycles. The zero-order valence-electron chi connectivity index (χ0n) is 10.2. The first-order valence-electron chi connectivity index (χ1n) is 5.57. The fraction of sp³-hybridized carbons (Fsp3) is 0. The third-order valence-corrected chi connectivity index (χ3v) is 2.72. The number of nitrogen functional groups attached to an aromatic ring is 1. The minimum atomic E-state index is -0.608. The van der Waals surface area contributed by atoms with Crippen molar-refractivity contribution in [3.05, 3.63) is 63.2 Å². The second-order valence-corrected chi connectivity index (χ2v) is 4.47. The van der Waals surface area contributed by atoms with E-state index in [0.717, 1.165) is 6.07 Å². The summed E-state index contributed by atoms with van der Waals surface area (Å²) >= 11 is 5.76. The van der Waals surface area contributed by atoms with E-state index < -0.39 is 10.8 Å². The average molecular weight is 292 g/mol. The van der Waals surface area contributed by atoms with E-state index in [0.29, 0.717) is 11.4 Å². The van der Waals surface area contributed by atoms with Gasteiger partial charge < -0.3 is 11.1 Å². The number of anilines is 2. The van der Waals surface area contributed by atoms with Crippen LogP contribution >= 0.6 is 11.6 Å².